The highest BCUT2D eigenvalue weighted by Gasteiger charge is 2.10. The molecule has 1 N–H and O–H groups in total. The molecule has 0 unspecified atom stereocenters. The molecule has 0 heterocycles. The van der Waals surface area contributed by atoms with Crippen molar-refractivity contribution < 1.29 is 18.7 Å². The molecule has 0 radical (unpaired) electrons. The molecular formula is C17H12ClFN2O3. The first kappa shape index (κ1) is 17.4. The average Bonchev–Trinajstić information content (AvgIpc) is 2.53. The number of rotatable bonds is 5. The van der Waals surface area contributed by atoms with Crippen LogP contribution in [0.25, 0.3) is 0 Å². The number of hydrogen-bond acceptors (Lipinski definition) is 4. The van der Waals surface area contributed by atoms with E-state index in [-0.39, 0.29) is 17.0 Å². The minimum atomic E-state index is -0.645. The zero-order chi connectivity index (χ0) is 17.5. The molecule has 2 aromatic carbocycles. The van der Waals surface area contributed by atoms with Crippen molar-refractivity contribution in [3.63, 3.8) is 0 Å². The highest BCUT2D eigenvalue weighted by atomic mass is 35.5. The molecule has 7 heteroatoms. The number of anilines is 1. The summed E-state index contributed by atoms with van der Waals surface area (Å²) in [5.74, 6) is -1.65. The van der Waals surface area contributed by atoms with Crippen molar-refractivity contribution in [3.05, 3.63) is 64.4 Å². The predicted octanol–water partition coefficient (Wildman–Crippen LogP) is 3.08. The maximum Gasteiger partial charge on any atom is 0.310 e. The summed E-state index contributed by atoms with van der Waals surface area (Å²) in [6, 6.07) is 11.9. The third-order valence-electron chi connectivity index (χ3n) is 2.98. The molecule has 0 atom stereocenters. The summed E-state index contributed by atoms with van der Waals surface area (Å²) in [6.45, 7) is -0.480. The maximum atomic E-state index is 13.0. The fourth-order valence-electron chi connectivity index (χ4n) is 1.89. The second-order valence-electron chi connectivity index (χ2n) is 4.82. The Morgan fingerprint density at radius 2 is 2.04 bits per heavy atom. The van der Waals surface area contributed by atoms with Gasteiger partial charge in [-0.1, -0.05) is 23.7 Å². The lowest BCUT2D eigenvalue weighted by Crippen LogP contribution is -2.21. The molecule has 122 valence electrons. The van der Waals surface area contributed by atoms with Crippen molar-refractivity contribution in [3.8, 4) is 6.07 Å². The maximum absolute atomic E-state index is 13.0. The second kappa shape index (κ2) is 8.09. The van der Waals surface area contributed by atoms with E-state index < -0.39 is 24.3 Å². The average molecular weight is 347 g/mol. The second-order valence-corrected chi connectivity index (χ2v) is 5.23. The number of benzene rings is 2. The Hall–Kier alpha value is -2.91. The molecule has 0 aromatic heterocycles. The Morgan fingerprint density at radius 3 is 2.71 bits per heavy atom. The van der Waals surface area contributed by atoms with Gasteiger partial charge in [-0.05, 0) is 35.9 Å². The van der Waals surface area contributed by atoms with Crippen LogP contribution in [0.5, 0.6) is 0 Å². The number of carbonyl (C=O) groups excluding carboxylic acids is 2. The summed E-state index contributed by atoms with van der Waals surface area (Å²) in [6.07, 6.45) is -0.131. The van der Waals surface area contributed by atoms with E-state index in [0.717, 1.165) is 0 Å². The van der Waals surface area contributed by atoms with E-state index in [1.54, 1.807) is 6.07 Å². The molecule has 2 aromatic rings. The first-order valence-electron chi connectivity index (χ1n) is 6.87. The molecule has 0 aliphatic heterocycles. The first-order chi connectivity index (χ1) is 11.5. The van der Waals surface area contributed by atoms with E-state index in [4.69, 9.17) is 21.6 Å². The molecular weight excluding hydrogens is 335 g/mol. The van der Waals surface area contributed by atoms with Gasteiger partial charge in [-0.25, -0.2) is 4.39 Å². The van der Waals surface area contributed by atoms with Crippen molar-refractivity contribution in [1.82, 2.24) is 0 Å². The van der Waals surface area contributed by atoms with E-state index in [1.165, 1.54) is 36.4 Å². The van der Waals surface area contributed by atoms with Gasteiger partial charge in [0.2, 0.25) is 0 Å². The van der Waals surface area contributed by atoms with E-state index in [2.05, 4.69) is 5.32 Å². The quantitative estimate of drug-likeness (QED) is 0.844. The van der Waals surface area contributed by atoms with Crippen LogP contribution >= 0.6 is 11.6 Å². The number of amides is 1. The van der Waals surface area contributed by atoms with Gasteiger partial charge >= 0.3 is 5.97 Å². The smallest absolute Gasteiger partial charge is 0.310 e. The fourth-order valence-corrected chi connectivity index (χ4v) is 2.11. The van der Waals surface area contributed by atoms with Crippen LogP contribution < -0.4 is 5.32 Å². The van der Waals surface area contributed by atoms with Crippen LogP contribution in [0.3, 0.4) is 0 Å². The number of nitrogens with one attached hydrogen (secondary N) is 1. The summed E-state index contributed by atoms with van der Waals surface area (Å²) in [4.78, 5) is 23.4. The van der Waals surface area contributed by atoms with Crippen molar-refractivity contribution in [2.75, 3.05) is 11.9 Å². The lowest BCUT2D eigenvalue weighted by molar-refractivity contribution is -0.146. The summed E-state index contributed by atoms with van der Waals surface area (Å²) < 4.78 is 17.8. The van der Waals surface area contributed by atoms with Gasteiger partial charge in [-0.15, -0.1) is 0 Å². The SMILES string of the molecule is N#Cc1ccc(NC(=O)COC(=O)Cc2cccc(F)c2)cc1Cl. The summed E-state index contributed by atoms with van der Waals surface area (Å²) in [5.41, 5.74) is 1.13. The minimum absolute atomic E-state index is 0.131. The van der Waals surface area contributed by atoms with Crippen LogP contribution in [-0.4, -0.2) is 18.5 Å². The van der Waals surface area contributed by atoms with Crippen LogP contribution in [-0.2, 0) is 20.7 Å². The summed E-state index contributed by atoms with van der Waals surface area (Å²) >= 11 is 5.85. The van der Waals surface area contributed by atoms with Crippen LogP contribution in [0.4, 0.5) is 10.1 Å². The number of hydrogen-bond donors (Lipinski definition) is 1. The van der Waals surface area contributed by atoms with Crippen molar-refractivity contribution in [2.45, 2.75) is 6.42 Å². The van der Waals surface area contributed by atoms with Gasteiger partial charge < -0.3 is 10.1 Å². The molecule has 0 saturated carbocycles. The molecule has 0 bridgehead atoms. The van der Waals surface area contributed by atoms with E-state index >= 15 is 0 Å². The van der Waals surface area contributed by atoms with Gasteiger partial charge in [0.1, 0.15) is 11.9 Å². The molecule has 0 fully saturated rings. The standard InChI is InChI=1S/C17H12ClFN2O3/c18-15-8-14(5-4-12(15)9-20)21-16(22)10-24-17(23)7-11-2-1-3-13(19)6-11/h1-6,8H,7,10H2,(H,21,22). The number of nitriles is 1. The number of ether oxygens (including phenoxy) is 1. The van der Waals surface area contributed by atoms with Crippen molar-refractivity contribution in [2.24, 2.45) is 0 Å². The monoisotopic (exact) mass is 346 g/mol. The Morgan fingerprint density at radius 1 is 1.25 bits per heavy atom. The molecule has 1 amide bonds. The molecule has 2 rings (SSSR count). The van der Waals surface area contributed by atoms with Gasteiger partial charge in [0, 0.05) is 5.69 Å². The Balaban J connectivity index is 1.83. The predicted molar refractivity (Wildman–Crippen MR) is 85.9 cm³/mol. The lowest BCUT2D eigenvalue weighted by atomic mass is 10.1. The molecule has 5 nitrogen and oxygen atoms in total. The molecule has 24 heavy (non-hydrogen) atoms. The van der Waals surface area contributed by atoms with Gasteiger partial charge in [0.25, 0.3) is 5.91 Å². The summed E-state index contributed by atoms with van der Waals surface area (Å²) in [5, 5.41) is 11.5. The van der Waals surface area contributed by atoms with Crippen LogP contribution in [0.2, 0.25) is 5.02 Å². The largest absolute Gasteiger partial charge is 0.455 e. The Bertz CT molecular complexity index is 818. The van der Waals surface area contributed by atoms with E-state index in [1.807, 2.05) is 6.07 Å². The number of esters is 1. The molecule has 0 aliphatic rings. The van der Waals surface area contributed by atoms with Gasteiger partial charge in [0.05, 0.1) is 17.0 Å². The minimum Gasteiger partial charge on any atom is -0.455 e. The zero-order valence-electron chi connectivity index (χ0n) is 12.4. The number of halogens is 2. The van der Waals surface area contributed by atoms with Gasteiger partial charge in [-0.3, -0.25) is 9.59 Å². The zero-order valence-corrected chi connectivity index (χ0v) is 13.1. The Labute approximate surface area is 142 Å². The third kappa shape index (κ3) is 5.07. The van der Waals surface area contributed by atoms with Crippen molar-refractivity contribution in [1.29, 1.82) is 5.26 Å². The summed E-state index contributed by atoms with van der Waals surface area (Å²) in [7, 11) is 0. The molecule has 0 spiro atoms. The number of carbonyl (C=O) groups is 2. The lowest BCUT2D eigenvalue weighted by Gasteiger charge is -2.07. The van der Waals surface area contributed by atoms with Crippen LogP contribution in [0.15, 0.2) is 42.5 Å². The van der Waals surface area contributed by atoms with Gasteiger partial charge in [-0.2, -0.15) is 5.26 Å². The van der Waals surface area contributed by atoms with Crippen LogP contribution in [0.1, 0.15) is 11.1 Å². The molecule has 0 aliphatic carbocycles. The third-order valence-corrected chi connectivity index (χ3v) is 3.29. The highest BCUT2D eigenvalue weighted by Crippen LogP contribution is 2.20. The van der Waals surface area contributed by atoms with Gasteiger partial charge in [0.15, 0.2) is 6.61 Å². The fraction of sp³-hybridized carbons (Fsp3) is 0.118. The van der Waals surface area contributed by atoms with Crippen LogP contribution in [0, 0.1) is 17.1 Å². The topological polar surface area (TPSA) is 79.2 Å². The van der Waals surface area contributed by atoms with E-state index in [9.17, 15) is 14.0 Å². The van der Waals surface area contributed by atoms with E-state index in [0.29, 0.717) is 11.3 Å². The molecule has 0 saturated heterocycles. The highest BCUT2D eigenvalue weighted by molar-refractivity contribution is 6.32. The normalized spacial score (nSPS) is 9.88. The van der Waals surface area contributed by atoms with Crippen molar-refractivity contribution >= 4 is 29.2 Å². The first-order valence-corrected chi connectivity index (χ1v) is 7.25. The number of nitrogens with zero attached hydrogens (tertiary/aromatic N) is 1. The Kier molecular flexibility index (Phi) is 5.88.